The number of hydrogen-bond acceptors (Lipinski definition) is 2. The first-order valence-electron chi connectivity index (χ1n) is 6.21. The molecule has 0 fully saturated rings. The van der Waals surface area contributed by atoms with Crippen molar-refractivity contribution in [1.82, 2.24) is 9.78 Å². The highest BCUT2D eigenvalue weighted by molar-refractivity contribution is 6.36. The molecule has 1 aromatic carbocycles. The molecule has 0 atom stereocenters. The Morgan fingerprint density at radius 3 is 2.68 bits per heavy atom. The molecular formula is C14H16ClN3O. The number of anilines is 1. The fraction of sp³-hybridized carbons (Fsp3) is 0.286. The molecular weight excluding hydrogens is 262 g/mol. The van der Waals surface area contributed by atoms with E-state index < -0.39 is 0 Å². The van der Waals surface area contributed by atoms with Crippen molar-refractivity contribution in [2.45, 2.75) is 19.8 Å². The molecule has 1 heterocycles. The van der Waals surface area contributed by atoms with Crippen LogP contribution in [0.2, 0.25) is 5.02 Å². The highest BCUT2D eigenvalue weighted by Crippen LogP contribution is 2.32. The summed E-state index contributed by atoms with van der Waals surface area (Å²) in [5, 5.41) is 7.63. The summed E-state index contributed by atoms with van der Waals surface area (Å²) < 4.78 is 1.60. The number of benzene rings is 1. The maximum atomic E-state index is 11.7. The molecule has 100 valence electrons. The summed E-state index contributed by atoms with van der Waals surface area (Å²) in [7, 11) is 1.76. The summed E-state index contributed by atoms with van der Waals surface area (Å²) >= 11 is 6.31. The Morgan fingerprint density at radius 1 is 1.37 bits per heavy atom. The van der Waals surface area contributed by atoms with Crippen molar-refractivity contribution in [2.75, 3.05) is 5.32 Å². The lowest BCUT2D eigenvalue weighted by atomic mass is 10.1. The van der Waals surface area contributed by atoms with Gasteiger partial charge in [-0.1, -0.05) is 48.9 Å². The minimum atomic E-state index is -0.0491. The van der Waals surface area contributed by atoms with Crippen LogP contribution >= 0.6 is 11.6 Å². The Kier molecular flexibility index (Phi) is 4.22. The highest BCUT2D eigenvalue weighted by Gasteiger charge is 2.17. The Bertz CT molecular complexity index is 578. The molecule has 1 aromatic heterocycles. The number of carbonyl (C=O) groups excluding carboxylic acids is 1. The number of aryl methyl sites for hydroxylation is 1. The van der Waals surface area contributed by atoms with Crippen LogP contribution < -0.4 is 5.32 Å². The van der Waals surface area contributed by atoms with Crippen LogP contribution in [0.1, 0.15) is 19.8 Å². The first kappa shape index (κ1) is 13.6. The lowest BCUT2D eigenvalue weighted by Gasteiger charge is -2.04. The number of nitrogens with zero attached hydrogens (tertiary/aromatic N) is 2. The van der Waals surface area contributed by atoms with Gasteiger partial charge in [-0.25, -0.2) is 0 Å². The van der Waals surface area contributed by atoms with Crippen molar-refractivity contribution < 1.29 is 4.79 Å². The summed E-state index contributed by atoms with van der Waals surface area (Å²) in [6.45, 7) is 1.96. The van der Waals surface area contributed by atoms with Gasteiger partial charge in [-0.15, -0.1) is 0 Å². The molecule has 19 heavy (non-hydrogen) atoms. The van der Waals surface area contributed by atoms with Crippen LogP contribution in [0.3, 0.4) is 0 Å². The molecule has 4 nitrogen and oxygen atoms in total. The van der Waals surface area contributed by atoms with Gasteiger partial charge < -0.3 is 5.32 Å². The van der Waals surface area contributed by atoms with E-state index in [1.807, 2.05) is 37.3 Å². The summed E-state index contributed by atoms with van der Waals surface area (Å²) in [4.78, 5) is 11.7. The molecule has 0 spiro atoms. The van der Waals surface area contributed by atoms with Gasteiger partial charge in [0, 0.05) is 19.0 Å². The van der Waals surface area contributed by atoms with Crippen LogP contribution in [-0.4, -0.2) is 15.7 Å². The number of amides is 1. The summed E-state index contributed by atoms with van der Waals surface area (Å²) in [6, 6.07) is 9.66. The van der Waals surface area contributed by atoms with Gasteiger partial charge in [0.25, 0.3) is 0 Å². The van der Waals surface area contributed by atoms with Crippen molar-refractivity contribution in [3.63, 3.8) is 0 Å². The highest BCUT2D eigenvalue weighted by atomic mass is 35.5. The summed E-state index contributed by atoms with van der Waals surface area (Å²) in [5.74, 6) is 0.492. The van der Waals surface area contributed by atoms with Crippen molar-refractivity contribution >= 4 is 23.3 Å². The quantitative estimate of drug-likeness (QED) is 0.930. The van der Waals surface area contributed by atoms with Gasteiger partial charge in [0.05, 0.1) is 0 Å². The number of hydrogen-bond donors (Lipinski definition) is 1. The minimum absolute atomic E-state index is 0.0491. The van der Waals surface area contributed by atoms with E-state index in [9.17, 15) is 4.79 Å². The molecule has 5 heteroatoms. The standard InChI is InChI=1S/C14H16ClN3O/c1-3-7-11(19)16-14-12(15)13(17-18(14)2)10-8-5-4-6-9-10/h4-6,8-9H,3,7H2,1-2H3,(H,16,19). The van der Waals surface area contributed by atoms with Crippen molar-refractivity contribution in [2.24, 2.45) is 7.05 Å². The lowest BCUT2D eigenvalue weighted by molar-refractivity contribution is -0.116. The third-order valence-electron chi connectivity index (χ3n) is 2.77. The van der Waals surface area contributed by atoms with E-state index in [4.69, 9.17) is 11.6 Å². The van der Waals surface area contributed by atoms with Gasteiger partial charge in [-0.05, 0) is 6.42 Å². The van der Waals surface area contributed by atoms with Crippen molar-refractivity contribution in [1.29, 1.82) is 0 Å². The smallest absolute Gasteiger partial charge is 0.225 e. The van der Waals surface area contributed by atoms with Crippen molar-refractivity contribution in [3.8, 4) is 11.3 Å². The Hall–Kier alpha value is -1.81. The topological polar surface area (TPSA) is 46.9 Å². The second-order valence-electron chi connectivity index (χ2n) is 4.30. The van der Waals surface area contributed by atoms with E-state index in [0.29, 0.717) is 23.0 Å². The fourth-order valence-electron chi connectivity index (χ4n) is 1.84. The molecule has 1 N–H and O–H groups in total. The second kappa shape index (κ2) is 5.89. The molecule has 0 aliphatic heterocycles. The van der Waals surface area contributed by atoms with Gasteiger partial charge in [-0.3, -0.25) is 9.48 Å². The second-order valence-corrected chi connectivity index (χ2v) is 4.68. The zero-order chi connectivity index (χ0) is 13.8. The van der Waals surface area contributed by atoms with Crippen LogP contribution in [0.4, 0.5) is 5.82 Å². The zero-order valence-electron chi connectivity index (χ0n) is 11.0. The van der Waals surface area contributed by atoms with Crippen LogP contribution in [0, 0.1) is 0 Å². The normalized spacial score (nSPS) is 10.5. The fourth-order valence-corrected chi connectivity index (χ4v) is 2.15. The first-order chi connectivity index (χ1) is 9.13. The van der Waals surface area contributed by atoms with E-state index in [1.165, 1.54) is 0 Å². The Morgan fingerprint density at radius 2 is 2.05 bits per heavy atom. The maximum Gasteiger partial charge on any atom is 0.225 e. The van der Waals surface area contributed by atoms with E-state index in [2.05, 4.69) is 10.4 Å². The van der Waals surface area contributed by atoms with Crippen molar-refractivity contribution in [3.05, 3.63) is 35.4 Å². The van der Waals surface area contributed by atoms with Gasteiger partial charge in [0.2, 0.25) is 5.91 Å². The van der Waals surface area contributed by atoms with E-state index in [1.54, 1.807) is 11.7 Å². The molecule has 0 aliphatic rings. The predicted octanol–water partition coefficient (Wildman–Crippen LogP) is 3.48. The van der Waals surface area contributed by atoms with E-state index in [-0.39, 0.29) is 5.91 Å². The van der Waals surface area contributed by atoms with E-state index in [0.717, 1.165) is 12.0 Å². The van der Waals surface area contributed by atoms with E-state index >= 15 is 0 Å². The molecule has 0 saturated carbocycles. The lowest BCUT2D eigenvalue weighted by Crippen LogP contribution is -2.13. The molecule has 2 rings (SSSR count). The van der Waals surface area contributed by atoms with Gasteiger partial charge in [0.1, 0.15) is 16.5 Å². The average molecular weight is 278 g/mol. The zero-order valence-corrected chi connectivity index (χ0v) is 11.7. The Labute approximate surface area is 117 Å². The Balaban J connectivity index is 2.33. The molecule has 0 unspecified atom stereocenters. The molecule has 0 aliphatic carbocycles. The maximum absolute atomic E-state index is 11.7. The van der Waals surface area contributed by atoms with Crippen LogP contribution in [0.5, 0.6) is 0 Å². The van der Waals surface area contributed by atoms with Gasteiger partial charge in [0.15, 0.2) is 0 Å². The molecule has 0 bridgehead atoms. The number of aromatic nitrogens is 2. The minimum Gasteiger partial charge on any atom is -0.310 e. The molecule has 1 amide bonds. The third-order valence-corrected chi connectivity index (χ3v) is 3.13. The van der Waals surface area contributed by atoms with Crippen LogP contribution in [0.15, 0.2) is 30.3 Å². The molecule has 2 aromatic rings. The number of halogens is 1. The average Bonchev–Trinajstić information content (AvgIpc) is 2.68. The van der Waals surface area contributed by atoms with Crippen LogP contribution in [0.25, 0.3) is 11.3 Å². The van der Waals surface area contributed by atoms with Crippen LogP contribution in [-0.2, 0) is 11.8 Å². The summed E-state index contributed by atoms with van der Waals surface area (Å²) in [5.41, 5.74) is 1.61. The monoisotopic (exact) mass is 277 g/mol. The number of nitrogens with one attached hydrogen (secondary N) is 1. The third kappa shape index (κ3) is 2.96. The number of carbonyl (C=O) groups is 1. The molecule has 0 saturated heterocycles. The largest absolute Gasteiger partial charge is 0.310 e. The van der Waals surface area contributed by atoms with Gasteiger partial charge >= 0.3 is 0 Å². The SMILES string of the molecule is CCCC(=O)Nc1c(Cl)c(-c2ccccc2)nn1C. The summed E-state index contributed by atoms with van der Waals surface area (Å²) in [6.07, 6.45) is 1.27. The predicted molar refractivity (Wildman–Crippen MR) is 77.2 cm³/mol. The first-order valence-corrected chi connectivity index (χ1v) is 6.59. The number of rotatable bonds is 4. The molecule has 0 radical (unpaired) electrons. The van der Waals surface area contributed by atoms with Gasteiger partial charge in [-0.2, -0.15) is 5.10 Å².